The summed E-state index contributed by atoms with van der Waals surface area (Å²) < 4.78 is 1.42. The highest BCUT2D eigenvalue weighted by atomic mass is 35.5. The number of carbonyl (C=O) groups is 1. The van der Waals surface area contributed by atoms with E-state index in [9.17, 15) is 9.90 Å². The minimum absolute atomic E-state index is 0.138. The van der Waals surface area contributed by atoms with E-state index in [4.69, 9.17) is 17.3 Å². The molecule has 7 heteroatoms. The summed E-state index contributed by atoms with van der Waals surface area (Å²) in [5.41, 5.74) is 5.92. The lowest BCUT2D eigenvalue weighted by atomic mass is 10.1. The van der Waals surface area contributed by atoms with Crippen molar-refractivity contribution in [3.05, 3.63) is 22.7 Å². The topological polar surface area (TPSA) is 78.6 Å². The van der Waals surface area contributed by atoms with E-state index in [2.05, 4.69) is 51.8 Å². The van der Waals surface area contributed by atoms with E-state index in [1.54, 1.807) is 0 Å². The summed E-state index contributed by atoms with van der Waals surface area (Å²) in [5.74, 6) is -0.520. The summed E-state index contributed by atoms with van der Waals surface area (Å²) in [7, 11) is 0. The molecule has 0 atom stereocenters. The Balaban J connectivity index is 0.000000686. The van der Waals surface area contributed by atoms with Crippen LogP contribution in [0.4, 0.5) is 5.69 Å². The van der Waals surface area contributed by atoms with Gasteiger partial charge in [0.15, 0.2) is 0 Å². The van der Waals surface area contributed by atoms with Gasteiger partial charge in [-0.05, 0) is 44.8 Å². The summed E-state index contributed by atoms with van der Waals surface area (Å²) in [6.45, 7) is 22.3. The summed E-state index contributed by atoms with van der Waals surface area (Å²) in [4.78, 5) is 14.1. The van der Waals surface area contributed by atoms with Crippen molar-refractivity contribution < 1.29 is 14.4 Å². The number of benzene rings is 1. The number of nitrogens with zero attached hydrogens (tertiary/aromatic N) is 2. The van der Waals surface area contributed by atoms with Gasteiger partial charge in [-0.25, -0.2) is 0 Å². The van der Waals surface area contributed by atoms with Gasteiger partial charge in [0.2, 0.25) is 0 Å². The Labute approximate surface area is 227 Å². The molecule has 0 aliphatic heterocycles. The van der Waals surface area contributed by atoms with Gasteiger partial charge in [0, 0.05) is 19.2 Å². The minimum Gasteiger partial charge on any atom is -0.507 e. The van der Waals surface area contributed by atoms with E-state index in [1.807, 2.05) is 0 Å². The predicted molar refractivity (Wildman–Crippen MR) is 157 cm³/mol. The quantitative estimate of drug-likeness (QED) is 0.146. The van der Waals surface area contributed by atoms with Crippen LogP contribution in [-0.2, 0) is 0 Å². The lowest BCUT2D eigenvalue weighted by Gasteiger charge is -2.39. The van der Waals surface area contributed by atoms with Crippen molar-refractivity contribution in [3.8, 4) is 5.75 Å². The first-order valence-corrected chi connectivity index (χ1v) is 14.7. The van der Waals surface area contributed by atoms with Crippen LogP contribution in [0.15, 0.2) is 12.1 Å². The lowest BCUT2D eigenvalue weighted by Crippen LogP contribution is -2.50. The van der Waals surface area contributed by atoms with Crippen molar-refractivity contribution in [1.82, 2.24) is 10.2 Å². The number of likely N-dealkylation sites (N-methyl/N-ethyl adjacent to an activating group) is 1. The Morgan fingerprint density at radius 1 is 0.889 bits per heavy atom. The minimum atomic E-state index is -0.355. The maximum Gasteiger partial charge on any atom is 0.255 e. The number of hydrogen-bond donors (Lipinski definition) is 3. The molecule has 1 aromatic carbocycles. The zero-order valence-corrected chi connectivity index (χ0v) is 24.9. The number of unbranched alkanes of at least 4 members (excludes halogenated alkanes) is 4. The van der Waals surface area contributed by atoms with Gasteiger partial charge in [-0.1, -0.05) is 78.8 Å². The van der Waals surface area contributed by atoms with E-state index >= 15 is 0 Å². The Kier molecular flexibility index (Phi) is 19.7. The first kappa shape index (κ1) is 34.5. The van der Waals surface area contributed by atoms with E-state index in [-0.39, 0.29) is 27.9 Å². The molecule has 0 saturated carbocycles. The number of nitrogens with two attached hydrogens (primary N) is 1. The number of quaternary nitrogens is 1. The first-order chi connectivity index (χ1) is 17.2. The van der Waals surface area contributed by atoms with Crippen LogP contribution in [0.25, 0.3) is 0 Å². The van der Waals surface area contributed by atoms with Gasteiger partial charge in [0.05, 0.1) is 42.5 Å². The molecule has 0 radical (unpaired) electrons. The molecule has 0 spiro atoms. The highest BCUT2D eigenvalue weighted by Gasteiger charge is 2.24. The molecule has 0 unspecified atom stereocenters. The molecule has 0 aliphatic carbocycles. The lowest BCUT2D eigenvalue weighted by molar-refractivity contribution is -0.929. The number of anilines is 1. The predicted octanol–water partition coefficient (Wildman–Crippen LogP) is 6.70. The molecular formula is C29H56ClN4O2+. The second kappa shape index (κ2) is 20.5. The third-order valence-electron chi connectivity index (χ3n) is 6.91. The third-order valence-corrected chi connectivity index (χ3v) is 7.24. The number of nitrogen functional groups attached to an aromatic ring is 1. The van der Waals surface area contributed by atoms with Crippen molar-refractivity contribution in [2.75, 3.05) is 58.1 Å². The van der Waals surface area contributed by atoms with Gasteiger partial charge in [-0.3, -0.25) is 4.79 Å². The normalized spacial score (nSPS) is 11.3. The van der Waals surface area contributed by atoms with Crippen LogP contribution in [-0.4, -0.2) is 72.8 Å². The second-order valence-corrected chi connectivity index (χ2v) is 10.2. The third kappa shape index (κ3) is 13.7. The molecule has 1 aromatic rings. The molecule has 0 aromatic heterocycles. The monoisotopic (exact) mass is 527 g/mol. The molecular weight excluding hydrogens is 472 g/mol. The van der Waals surface area contributed by atoms with Gasteiger partial charge < -0.3 is 25.5 Å². The van der Waals surface area contributed by atoms with Crippen molar-refractivity contribution in [2.45, 2.75) is 92.9 Å². The van der Waals surface area contributed by atoms with Crippen molar-refractivity contribution in [3.63, 3.8) is 0 Å². The fraction of sp³-hybridized carbons (Fsp3) is 0.759. The zero-order chi connectivity index (χ0) is 27.4. The molecule has 36 heavy (non-hydrogen) atoms. The number of halogens is 1. The summed E-state index contributed by atoms with van der Waals surface area (Å²) >= 11 is 5.83. The largest absolute Gasteiger partial charge is 0.507 e. The zero-order valence-electron chi connectivity index (χ0n) is 24.2. The van der Waals surface area contributed by atoms with Gasteiger partial charge in [-0.2, -0.15) is 0 Å². The number of amides is 1. The first-order valence-electron chi connectivity index (χ1n) is 14.4. The average Bonchev–Trinajstić information content (AvgIpc) is 2.88. The van der Waals surface area contributed by atoms with Crippen LogP contribution in [0.5, 0.6) is 5.75 Å². The maximum atomic E-state index is 11.9. The van der Waals surface area contributed by atoms with Crippen molar-refractivity contribution in [2.24, 2.45) is 0 Å². The number of phenolic OH excluding ortho intramolecular Hbond substituents is 1. The summed E-state index contributed by atoms with van der Waals surface area (Å²) in [6.07, 6.45) is 11.1. The molecule has 0 saturated heterocycles. The van der Waals surface area contributed by atoms with E-state index in [0.717, 1.165) is 19.6 Å². The molecule has 1 amide bonds. The van der Waals surface area contributed by atoms with E-state index in [1.165, 1.54) is 94.2 Å². The Morgan fingerprint density at radius 3 is 1.72 bits per heavy atom. The number of hydrogen-bond acceptors (Lipinski definition) is 4. The van der Waals surface area contributed by atoms with Gasteiger partial charge in [0.25, 0.3) is 5.91 Å². The van der Waals surface area contributed by atoms with Crippen molar-refractivity contribution >= 4 is 23.2 Å². The SMILES string of the molecule is CCCC[N+](CCCC)(CCCC)CCCC.CCN(CC)CCNC(=O)c1cc(Cl)c(N)cc1O. The molecule has 4 N–H and O–H groups in total. The van der Waals surface area contributed by atoms with Gasteiger partial charge >= 0.3 is 0 Å². The Bertz CT molecular complexity index is 673. The number of aromatic hydroxyl groups is 1. The Morgan fingerprint density at radius 2 is 1.33 bits per heavy atom. The number of phenols is 1. The Hall–Kier alpha value is -1.50. The highest BCUT2D eigenvalue weighted by Crippen LogP contribution is 2.27. The number of rotatable bonds is 18. The number of nitrogens with one attached hydrogen (secondary N) is 1. The number of carbonyl (C=O) groups excluding carboxylic acids is 1. The molecule has 0 fully saturated rings. The van der Waals surface area contributed by atoms with E-state index < -0.39 is 0 Å². The standard InChI is InChI=1S/C16H36N.C13H20ClN3O2/c1-5-9-13-17(14-10-6-2,15-11-7-3)16-12-8-4;1-3-17(4-2)6-5-16-13(19)9-7-10(14)11(15)8-12(9)18/h5-16H2,1-4H3;7-8,18H,3-6,15H2,1-2H3,(H,16,19)/q+1;. The van der Waals surface area contributed by atoms with Crippen molar-refractivity contribution in [1.29, 1.82) is 0 Å². The van der Waals surface area contributed by atoms with Crippen LogP contribution in [0, 0.1) is 0 Å². The summed E-state index contributed by atoms with van der Waals surface area (Å²) in [5, 5.41) is 12.7. The van der Waals surface area contributed by atoms with Crippen LogP contribution >= 0.6 is 11.6 Å². The fourth-order valence-electron chi connectivity index (χ4n) is 4.37. The molecule has 0 aliphatic rings. The smallest absolute Gasteiger partial charge is 0.255 e. The molecule has 1 rings (SSSR count). The van der Waals surface area contributed by atoms with Crippen LogP contribution in [0.1, 0.15) is 103 Å². The molecule has 0 bridgehead atoms. The van der Waals surface area contributed by atoms with Crippen LogP contribution in [0.3, 0.4) is 0 Å². The fourth-order valence-corrected chi connectivity index (χ4v) is 4.53. The molecule has 210 valence electrons. The molecule has 0 heterocycles. The second-order valence-electron chi connectivity index (χ2n) is 9.82. The van der Waals surface area contributed by atoms with Crippen LogP contribution < -0.4 is 11.1 Å². The van der Waals surface area contributed by atoms with Crippen LogP contribution in [0.2, 0.25) is 5.02 Å². The maximum absolute atomic E-state index is 11.9. The average molecular weight is 528 g/mol. The highest BCUT2D eigenvalue weighted by molar-refractivity contribution is 6.33. The van der Waals surface area contributed by atoms with Gasteiger partial charge in [-0.15, -0.1) is 0 Å². The van der Waals surface area contributed by atoms with E-state index in [0.29, 0.717) is 6.54 Å². The summed E-state index contributed by atoms with van der Waals surface area (Å²) in [6, 6.07) is 2.65. The van der Waals surface area contributed by atoms with Gasteiger partial charge in [0.1, 0.15) is 5.75 Å². The molecule has 6 nitrogen and oxygen atoms in total.